The van der Waals surface area contributed by atoms with Crippen LogP contribution in [0.4, 0.5) is 0 Å². The van der Waals surface area contributed by atoms with Crippen LogP contribution in [-0.2, 0) is 9.53 Å². The van der Waals surface area contributed by atoms with Gasteiger partial charge in [-0.3, -0.25) is 4.79 Å². The Morgan fingerprint density at radius 3 is 2.32 bits per heavy atom. The first-order valence-electron chi connectivity index (χ1n) is 10.6. The Morgan fingerprint density at radius 1 is 0.968 bits per heavy atom. The number of carbonyl (C=O) groups is 1. The molecule has 0 amide bonds. The molecule has 0 aromatic heterocycles. The highest BCUT2D eigenvalue weighted by molar-refractivity contribution is 6.07. The van der Waals surface area contributed by atoms with Crippen LogP contribution in [0.2, 0.25) is 0 Å². The predicted molar refractivity (Wildman–Crippen MR) is 123 cm³/mol. The molecule has 0 unspecified atom stereocenters. The van der Waals surface area contributed by atoms with Gasteiger partial charge >= 0.3 is 5.97 Å². The van der Waals surface area contributed by atoms with Crippen LogP contribution in [0.25, 0.3) is 17.2 Å². The Balaban J connectivity index is 1.81. The van der Waals surface area contributed by atoms with Crippen molar-refractivity contribution < 1.29 is 14.6 Å². The zero-order valence-corrected chi connectivity index (χ0v) is 17.4. The normalized spacial score (nSPS) is 25.5. The summed E-state index contributed by atoms with van der Waals surface area (Å²) in [5, 5.41) is 11.1. The third-order valence-corrected chi connectivity index (χ3v) is 6.56. The third kappa shape index (κ3) is 3.05. The highest BCUT2D eigenvalue weighted by atomic mass is 16.5. The first-order valence-corrected chi connectivity index (χ1v) is 10.6. The van der Waals surface area contributed by atoms with Crippen molar-refractivity contribution in [2.24, 2.45) is 5.41 Å². The van der Waals surface area contributed by atoms with E-state index in [1.807, 2.05) is 78.9 Å². The van der Waals surface area contributed by atoms with E-state index in [1.54, 1.807) is 0 Å². The van der Waals surface area contributed by atoms with Gasteiger partial charge in [0, 0.05) is 5.92 Å². The fourth-order valence-electron chi connectivity index (χ4n) is 5.18. The molecule has 5 rings (SSSR count). The number of benzene rings is 3. The van der Waals surface area contributed by atoms with Gasteiger partial charge in [0.15, 0.2) is 0 Å². The number of esters is 1. The Kier molecular flexibility index (Phi) is 4.84. The second kappa shape index (κ2) is 7.68. The minimum atomic E-state index is -0.987. The number of hydrogen-bond donors (Lipinski definition) is 1. The largest absolute Gasteiger partial charge is 0.468 e. The van der Waals surface area contributed by atoms with Gasteiger partial charge in [-0.2, -0.15) is 0 Å². The number of fused-ring (bicyclic) bond motifs is 3. The zero-order valence-electron chi connectivity index (χ0n) is 17.4. The summed E-state index contributed by atoms with van der Waals surface area (Å²) >= 11 is 0. The number of methoxy groups -OCH3 is 1. The van der Waals surface area contributed by atoms with Crippen molar-refractivity contribution in [1.82, 2.24) is 0 Å². The van der Waals surface area contributed by atoms with Crippen LogP contribution in [0.1, 0.15) is 34.6 Å². The quantitative estimate of drug-likeness (QED) is 0.596. The smallest absolute Gasteiger partial charge is 0.320 e. The molecular weight excluding hydrogens is 384 g/mol. The molecule has 0 aliphatic heterocycles. The summed E-state index contributed by atoms with van der Waals surface area (Å²) in [5.41, 5.74) is 4.78. The molecular formula is C28H24O3. The molecule has 154 valence electrons. The molecule has 3 heteroatoms. The second-order valence-electron chi connectivity index (χ2n) is 8.19. The molecule has 1 N–H and O–H groups in total. The Labute approximate surface area is 182 Å². The van der Waals surface area contributed by atoms with E-state index in [9.17, 15) is 9.90 Å². The van der Waals surface area contributed by atoms with Crippen molar-refractivity contribution in [2.45, 2.75) is 18.4 Å². The van der Waals surface area contributed by atoms with Crippen molar-refractivity contribution in [3.63, 3.8) is 0 Å². The molecule has 2 aliphatic carbocycles. The molecule has 3 aromatic rings. The first-order chi connectivity index (χ1) is 15.1. The average Bonchev–Trinajstić information content (AvgIpc) is 3.09. The van der Waals surface area contributed by atoms with Crippen molar-refractivity contribution >= 4 is 23.2 Å². The molecule has 0 saturated carbocycles. The third-order valence-electron chi connectivity index (χ3n) is 6.56. The van der Waals surface area contributed by atoms with Gasteiger partial charge in [0.2, 0.25) is 0 Å². The summed E-state index contributed by atoms with van der Waals surface area (Å²) < 4.78 is 5.41. The summed E-state index contributed by atoms with van der Waals surface area (Å²) in [4.78, 5) is 13.5. The molecule has 0 saturated heterocycles. The molecule has 0 spiro atoms. The van der Waals surface area contributed by atoms with Crippen LogP contribution in [-0.4, -0.2) is 24.3 Å². The number of aliphatic hydroxyl groups is 1. The van der Waals surface area contributed by atoms with E-state index < -0.39 is 11.5 Å². The first kappa shape index (κ1) is 19.5. The SMILES string of the molecule is COC(=O)[C@@]12C=C(c3ccccc3)[C@@H](O)C[C@@H]1c1ccccc1/C2=C\c1ccccc1. The summed E-state index contributed by atoms with van der Waals surface area (Å²) in [6.45, 7) is 0. The van der Waals surface area contributed by atoms with E-state index in [2.05, 4.69) is 18.2 Å². The molecule has 0 fully saturated rings. The number of carbonyl (C=O) groups excluding carboxylic acids is 1. The Bertz CT molecular complexity index is 1180. The molecule has 3 aromatic carbocycles. The monoisotopic (exact) mass is 408 g/mol. The number of ether oxygens (including phenoxy) is 1. The van der Waals surface area contributed by atoms with Crippen LogP contribution in [0.3, 0.4) is 0 Å². The molecule has 0 heterocycles. The fourth-order valence-corrected chi connectivity index (χ4v) is 5.18. The van der Waals surface area contributed by atoms with E-state index in [1.165, 1.54) is 7.11 Å². The Morgan fingerprint density at radius 2 is 1.61 bits per heavy atom. The van der Waals surface area contributed by atoms with Crippen molar-refractivity contribution in [3.05, 3.63) is 113 Å². The maximum atomic E-state index is 13.5. The molecule has 3 nitrogen and oxygen atoms in total. The van der Waals surface area contributed by atoms with E-state index in [0.717, 1.165) is 33.4 Å². The van der Waals surface area contributed by atoms with Crippen LogP contribution in [0.5, 0.6) is 0 Å². The Hall–Kier alpha value is -3.43. The van der Waals surface area contributed by atoms with Crippen LogP contribution < -0.4 is 0 Å². The van der Waals surface area contributed by atoms with Crippen molar-refractivity contribution in [3.8, 4) is 0 Å². The maximum absolute atomic E-state index is 13.5. The van der Waals surface area contributed by atoms with Crippen LogP contribution >= 0.6 is 0 Å². The molecule has 0 bridgehead atoms. The van der Waals surface area contributed by atoms with Crippen molar-refractivity contribution in [2.75, 3.05) is 7.11 Å². The van der Waals surface area contributed by atoms with E-state index in [-0.39, 0.29) is 11.9 Å². The van der Waals surface area contributed by atoms with E-state index >= 15 is 0 Å². The van der Waals surface area contributed by atoms with Gasteiger partial charge in [-0.05, 0) is 45.9 Å². The lowest BCUT2D eigenvalue weighted by atomic mass is 9.65. The standard InChI is InChI=1S/C28H24O3/c1-31-27(30)28-18-23(20-12-6-3-7-13-20)26(29)17-25(28)22-15-9-8-14-21(22)24(28)16-19-10-4-2-5-11-19/h2-16,18,25-26,29H,17H2,1H3/b24-16+/t25-,26+,28-/m1/s1. The lowest BCUT2D eigenvalue weighted by Gasteiger charge is -2.38. The van der Waals surface area contributed by atoms with Crippen LogP contribution in [0.15, 0.2) is 91.0 Å². The number of hydrogen-bond acceptors (Lipinski definition) is 3. The highest BCUT2D eigenvalue weighted by Crippen LogP contribution is 2.62. The van der Waals surface area contributed by atoms with Crippen molar-refractivity contribution in [1.29, 1.82) is 0 Å². The topological polar surface area (TPSA) is 46.5 Å². The lowest BCUT2D eigenvalue weighted by Crippen LogP contribution is -2.39. The van der Waals surface area contributed by atoms with Crippen LogP contribution in [0, 0.1) is 5.41 Å². The average molecular weight is 408 g/mol. The van der Waals surface area contributed by atoms with Gasteiger partial charge < -0.3 is 9.84 Å². The van der Waals surface area contributed by atoms with Gasteiger partial charge in [-0.1, -0.05) is 91.0 Å². The maximum Gasteiger partial charge on any atom is 0.320 e. The van der Waals surface area contributed by atoms with Gasteiger partial charge in [-0.15, -0.1) is 0 Å². The van der Waals surface area contributed by atoms with E-state index in [0.29, 0.717) is 6.42 Å². The summed E-state index contributed by atoms with van der Waals surface area (Å²) in [6, 6.07) is 28.0. The predicted octanol–water partition coefficient (Wildman–Crippen LogP) is 5.33. The van der Waals surface area contributed by atoms with Gasteiger partial charge in [-0.25, -0.2) is 0 Å². The summed E-state index contributed by atoms with van der Waals surface area (Å²) in [6.07, 6.45) is 3.85. The second-order valence-corrected chi connectivity index (χ2v) is 8.19. The minimum Gasteiger partial charge on any atom is -0.468 e. The fraction of sp³-hybridized carbons (Fsp3) is 0.179. The number of rotatable bonds is 3. The molecule has 3 atom stereocenters. The lowest BCUT2D eigenvalue weighted by molar-refractivity contribution is -0.148. The van der Waals surface area contributed by atoms with Gasteiger partial charge in [0.1, 0.15) is 5.41 Å². The van der Waals surface area contributed by atoms with Gasteiger partial charge in [0.25, 0.3) is 0 Å². The van der Waals surface area contributed by atoms with E-state index in [4.69, 9.17) is 4.74 Å². The zero-order chi connectivity index (χ0) is 21.4. The van der Waals surface area contributed by atoms with Gasteiger partial charge in [0.05, 0.1) is 13.2 Å². The minimum absolute atomic E-state index is 0.187. The number of aliphatic hydroxyl groups excluding tert-OH is 1. The molecule has 0 radical (unpaired) electrons. The summed E-state index contributed by atoms with van der Waals surface area (Å²) in [5.74, 6) is -0.482. The highest BCUT2D eigenvalue weighted by Gasteiger charge is 2.57. The summed E-state index contributed by atoms with van der Waals surface area (Å²) in [7, 11) is 1.44. The molecule has 31 heavy (non-hydrogen) atoms. The molecule has 2 aliphatic rings.